The van der Waals surface area contributed by atoms with Crippen LogP contribution in [0.3, 0.4) is 0 Å². The highest BCUT2D eigenvalue weighted by Gasteiger charge is 2.17. The summed E-state index contributed by atoms with van der Waals surface area (Å²) in [6.07, 6.45) is -0.194. The highest BCUT2D eigenvalue weighted by atomic mass is 19.1. The molecule has 7 heteroatoms. The zero-order valence-corrected chi connectivity index (χ0v) is 17.1. The number of benzene rings is 2. The monoisotopic (exact) mass is 420 g/mol. The van der Waals surface area contributed by atoms with Crippen LogP contribution < -0.4 is 5.32 Å². The molecule has 2 aromatic rings. The molecule has 3 rings (SSSR count). The Balaban J connectivity index is 1.44. The van der Waals surface area contributed by atoms with Crippen LogP contribution in [0, 0.1) is 11.6 Å². The third kappa shape index (κ3) is 7.41. The number of nitrogens with one attached hydrogen (secondary N) is 1. The molecule has 2 aromatic carbocycles. The van der Waals surface area contributed by atoms with Gasteiger partial charge in [0.05, 0.1) is 25.9 Å². The molecule has 0 bridgehead atoms. The van der Waals surface area contributed by atoms with Gasteiger partial charge < -0.3 is 19.9 Å². The van der Waals surface area contributed by atoms with Gasteiger partial charge in [-0.25, -0.2) is 8.78 Å². The van der Waals surface area contributed by atoms with Crippen molar-refractivity contribution in [2.75, 3.05) is 52.5 Å². The normalized spacial score (nSPS) is 16.1. The molecule has 1 atom stereocenters. The fourth-order valence-electron chi connectivity index (χ4n) is 3.45. The van der Waals surface area contributed by atoms with E-state index in [0.29, 0.717) is 6.54 Å². The van der Waals surface area contributed by atoms with E-state index in [0.717, 1.165) is 56.9 Å². The molecule has 0 aliphatic carbocycles. The minimum atomic E-state index is -0.684. The van der Waals surface area contributed by atoms with Crippen molar-refractivity contribution in [1.82, 2.24) is 10.2 Å². The molecule has 30 heavy (non-hydrogen) atoms. The van der Waals surface area contributed by atoms with Gasteiger partial charge in [-0.05, 0) is 54.9 Å². The summed E-state index contributed by atoms with van der Waals surface area (Å²) in [6, 6.07) is 12.0. The van der Waals surface area contributed by atoms with E-state index in [4.69, 9.17) is 9.47 Å². The summed E-state index contributed by atoms with van der Waals surface area (Å²) in [4.78, 5) is 2.38. The largest absolute Gasteiger partial charge is 0.389 e. The van der Waals surface area contributed by atoms with Crippen molar-refractivity contribution < 1.29 is 23.4 Å². The van der Waals surface area contributed by atoms with E-state index in [1.165, 1.54) is 24.3 Å². The standard InChI is InChI=1S/C23H30F2N2O3/c24-20-6-2-18(3-7-20)23(19-4-8-21(25)9-5-19)30-17-22(28)16-26-10-1-11-27-12-14-29-15-13-27/h2-9,22-23,26,28H,1,10-17H2/t22-/m1/s1. The third-order valence-corrected chi connectivity index (χ3v) is 5.11. The van der Waals surface area contributed by atoms with Crippen LogP contribution in [-0.4, -0.2) is 68.7 Å². The molecule has 0 aromatic heterocycles. The molecule has 164 valence electrons. The molecular weight excluding hydrogens is 390 g/mol. The van der Waals surface area contributed by atoms with E-state index in [9.17, 15) is 13.9 Å². The number of aliphatic hydroxyl groups is 1. The second kappa shape index (κ2) is 12.1. The molecule has 1 saturated heterocycles. The summed E-state index contributed by atoms with van der Waals surface area (Å²) in [5.41, 5.74) is 1.49. The van der Waals surface area contributed by atoms with E-state index in [-0.39, 0.29) is 18.2 Å². The first kappa shape index (κ1) is 22.8. The minimum absolute atomic E-state index is 0.107. The van der Waals surface area contributed by atoms with Gasteiger partial charge in [0, 0.05) is 19.6 Å². The van der Waals surface area contributed by atoms with Crippen LogP contribution in [0.15, 0.2) is 48.5 Å². The Morgan fingerprint density at radius 3 is 2.10 bits per heavy atom. The van der Waals surface area contributed by atoms with Crippen LogP contribution in [0.25, 0.3) is 0 Å². The number of aliphatic hydroxyl groups excluding tert-OH is 1. The van der Waals surface area contributed by atoms with Gasteiger partial charge in [-0.3, -0.25) is 4.90 Å². The maximum absolute atomic E-state index is 13.3. The summed E-state index contributed by atoms with van der Waals surface area (Å²) in [5, 5.41) is 13.5. The van der Waals surface area contributed by atoms with Crippen molar-refractivity contribution in [3.63, 3.8) is 0 Å². The van der Waals surface area contributed by atoms with Gasteiger partial charge in [-0.1, -0.05) is 24.3 Å². The fraction of sp³-hybridized carbons (Fsp3) is 0.478. The molecule has 1 aliphatic rings. The molecule has 0 spiro atoms. The third-order valence-electron chi connectivity index (χ3n) is 5.11. The highest BCUT2D eigenvalue weighted by Crippen LogP contribution is 2.26. The summed E-state index contributed by atoms with van der Waals surface area (Å²) >= 11 is 0. The lowest BCUT2D eigenvalue weighted by atomic mass is 10.0. The molecular formula is C23H30F2N2O3. The second-order valence-corrected chi connectivity index (χ2v) is 7.48. The van der Waals surface area contributed by atoms with Crippen LogP contribution in [-0.2, 0) is 9.47 Å². The second-order valence-electron chi connectivity index (χ2n) is 7.48. The first-order valence-corrected chi connectivity index (χ1v) is 10.4. The zero-order chi connectivity index (χ0) is 21.2. The summed E-state index contributed by atoms with van der Waals surface area (Å²) < 4.78 is 37.9. The van der Waals surface area contributed by atoms with Crippen LogP contribution in [0.2, 0.25) is 0 Å². The van der Waals surface area contributed by atoms with Gasteiger partial charge in [-0.15, -0.1) is 0 Å². The quantitative estimate of drug-likeness (QED) is 0.548. The lowest BCUT2D eigenvalue weighted by Crippen LogP contribution is -2.38. The number of nitrogens with zero attached hydrogens (tertiary/aromatic N) is 1. The van der Waals surface area contributed by atoms with E-state index in [1.54, 1.807) is 24.3 Å². The average Bonchev–Trinajstić information content (AvgIpc) is 2.77. The number of ether oxygens (including phenoxy) is 2. The Morgan fingerprint density at radius 2 is 1.53 bits per heavy atom. The van der Waals surface area contributed by atoms with E-state index in [2.05, 4.69) is 10.2 Å². The summed E-state index contributed by atoms with van der Waals surface area (Å²) in [6.45, 7) is 5.90. The molecule has 2 N–H and O–H groups in total. The van der Waals surface area contributed by atoms with Gasteiger partial charge in [0.15, 0.2) is 0 Å². The van der Waals surface area contributed by atoms with Gasteiger partial charge in [0.1, 0.15) is 17.7 Å². The van der Waals surface area contributed by atoms with E-state index >= 15 is 0 Å². The number of morpholine rings is 1. The van der Waals surface area contributed by atoms with Crippen molar-refractivity contribution >= 4 is 0 Å². The van der Waals surface area contributed by atoms with Gasteiger partial charge in [0.25, 0.3) is 0 Å². The van der Waals surface area contributed by atoms with Gasteiger partial charge in [-0.2, -0.15) is 0 Å². The van der Waals surface area contributed by atoms with E-state index < -0.39 is 12.2 Å². The summed E-state index contributed by atoms with van der Waals surface area (Å²) in [7, 11) is 0. The Hall–Kier alpha value is -1.90. The topological polar surface area (TPSA) is 54.0 Å². The van der Waals surface area contributed by atoms with E-state index in [1.807, 2.05) is 0 Å². The van der Waals surface area contributed by atoms with Gasteiger partial charge in [0.2, 0.25) is 0 Å². The first-order chi connectivity index (χ1) is 14.6. The smallest absolute Gasteiger partial charge is 0.123 e. The lowest BCUT2D eigenvalue weighted by Gasteiger charge is -2.26. The van der Waals surface area contributed by atoms with Crippen molar-refractivity contribution in [2.24, 2.45) is 0 Å². The molecule has 0 radical (unpaired) electrons. The predicted octanol–water partition coefficient (Wildman–Crippen LogP) is 2.74. The molecule has 0 saturated carbocycles. The predicted molar refractivity (Wildman–Crippen MR) is 111 cm³/mol. The maximum Gasteiger partial charge on any atom is 0.123 e. The molecule has 1 fully saturated rings. The van der Waals surface area contributed by atoms with Crippen molar-refractivity contribution in [1.29, 1.82) is 0 Å². The van der Waals surface area contributed by atoms with Crippen molar-refractivity contribution in [3.8, 4) is 0 Å². The molecule has 1 heterocycles. The fourth-order valence-corrected chi connectivity index (χ4v) is 3.45. The van der Waals surface area contributed by atoms with Crippen LogP contribution >= 0.6 is 0 Å². The van der Waals surface area contributed by atoms with Gasteiger partial charge >= 0.3 is 0 Å². The molecule has 0 unspecified atom stereocenters. The van der Waals surface area contributed by atoms with Crippen molar-refractivity contribution in [3.05, 3.63) is 71.3 Å². The number of halogens is 2. The summed E-state index contributed by atoms with van der Waals surface area (Å²) in [5.74, 6) is -0.671. The molecule has 0 amide bonds. The highest BCUT2D eigenvalue weighted by molar-refractivity contribution is 5.30. The minimum Gasteiger partial charge on any atom is -0.389 e. The number of hydrogen-bond acceptors (Lipinski definition) is 5. The number of hydrogen-bond donors (Lipinski definition) is 2. The first-order valence-electron chi connectivity index (χ1n) is 10.4. The maximum atomic E-state index is 13.3. The van der Waals surface area contributed by atoms with Crippen molar-refractivity contribution in [2.45, 2.75) is 18.6 Å². The zero-order valence-electron chi connectivity index (χ0n) is 17.1. The average molecular weight is 420 g/mol. The Morgan fingerprint density at radius 1 is 0.967 bits per heavy atom. The van der Waals surface area contributed by atoms with Crippen LogP contribution in [0.4, 0.5) is 8.78 Å². The van der Waals surface area contributed by atoms with Crippen LogP contribution in [0.5, 0.6) is 0 Å². The Bertz CT molecular complexity index is 692. The van der Waals surface area contributed by atoms with Crippen LogP contribution in [0.1, 0.15) is 23.7 Å². The molecule has 1 aliphatic heterocycles. The SMILES string of the molecule is O[C@H](CNCCCN1CCOCC1)COC(c1ccc(F)cc1)c1ccc(F)cc1. The number of rotatable bonds is 11. The Labute approximate surface area is 176 Å². The lowest BCUT2D eigenvalue weighted by molar-refractivity contribution is 0.00637. The Kier molecular flexibility index (Phi) is 9.17. The molecule has 5 nitrogen and oxygen atoms in total.